The van der Waals surface area contributed by atoms with Gasteiger partial charge in [-0.3, -0.25) is 0 Å². The van der Waals surface area contributed by atoms with E-state index in [0.29, 0.717) is 0 Å². The van der Waals surface area contributed by atoms with Gasteiger partial charge in [-0.25, -0.2) is 0 Å². The van der Waals surface area contributed by atoms with Gasteiger partial charge in [0.2, 0.25) is 0 Å². The Bertz CT molecular complexity index is 966. The smallest absolute Gasteiger partial charge is 0.123 e. The van der Waals surface area contributed by atoms with Crippen LogP contribution in [0.5, 0.6) is 17.2 Å². The molecule has 3 nitrogen and oxygen atoms in total. The summed E-state index contributed by atoms with van der Waals surface area (Å²) in [7, 11) is 1.65. The minimum Gasteiger partial charge on any atom is -0.508 e. The molecular weight excluding hydrogens is 336 g/mol. The van der Waals surface area contributed by atoms with Gasteiger partial charge < -0.3 is 14.9 Å². The fourth-order valence-electron chi connectivity index (χ4n) is 4.00. The Labute approximate surface area is 160 Å². The number of ether oxygens (including phenoxy) is 1. The highest BCUT2D eigenvalue weighted by atomic mass is 16.5. The van der Waals surface area contributed by atoms with Gasteiger partial charge in [-0.15, -0.1) is 0 Å². The number of phenolic OH excluding ortho intramolecular Hbond substituents is 2. The van der Waals surface area contributed by atoms with Crippen molar-refractivity contribution in [2.75, 3.05) is 7.11 Å². The predicted molar refractivity (Wildman–Crippen MR) is 109 cm³/mol. The molecule has 0 radical (unpaired) electrons. The molecule has 140 valence electrons. The number of phenols is 2. The Kier molecular flexibility index (Phi) is 5.13. The molecule has 0 aliphatic heterocycles. The zero-order valence-corrected chi connectivity index (χ0v) is 16.5. The molecule has 0 heterocycles. The summed E-state index contributed by atoms with van der Waals surface area (Å²) < 4.78 is 5.71. The maximum atomic E-state index is 10.8. The van der Waals surface area contributed by atoms with Crippen molar-refractivity contribution in [1.29, 1.82) is 0 Å². The van der Waals surface area contributed by atoms with Crippen LogP contribution in [0.1, 0.15) is 44.9 Å². The van der Waals surface area contributed by atoms with E-state index in [1.54, 1.807) is 25.3 Å². The van der Waals surface area contributed by atoms with E-state index in [9.17, 15) is 10.2 Å². The van der Waals surface area contributed by atoms with Gasteiger partial charge in [0.1, 0.15) is 17.2 Å². The minimum atomic E-state index is -0.345. The van der Waals surface area contributed by atoms with Crippen LogP contribution in [-0.4, -0.2) is 17.3 Å². The van der Waals surface area contributed by atoms with E-state index in [4.69, 9.17) is 4.74 Å². The summed E-state index contributed by atoms with van der Waals surface area (Å²) in [5.74, 6) is 0.828. The highest BCUT2D eigenvalue weighted by Crippen LogP contribution is 2.46. The lowest BCUT2D eigenvalue weighted by Crippen LogP contribution is -2.10. The first-order chi connectivity index (χ1) is 12.8. The van der Waals surface area contributed by atoms with Gasteiger partial charge in [-0.1, -0.05) is 30.3 Å². The average Bonchev–Trinajstić information content (AvgIpc) is 2.59. The van der Waals surface area contributed by atoms with Crippen molar-refractivity contribution >= 4 is 0 Å². The molecular formula is C24H26O3. The monoisotopic (exact) mass is 362 g/mol. The maximum Gasteiger partial charge on any atom is 0.123 e. The van der Waals surface area contributed by atoms with Crippen molar-refractivity contribution in [3.05, 3.63) is 87.5 Å². The lowest BCUT2D eigenvalue weighted by molar-refractivity contribution is 0.406. The summed E-state index contributed by atoms with van der Waals surface area (Å²) in [6.45, 7) is 8.02. The zero-order chi connectivity index (χ0) is 19.7. The number of hydrogen-bond donors (Lipinski definition) is 2. The average molecular weight is 362 g/mol. The molecule has 0 bridgehead atoms. The molecule has 27 heavy (non-hydrogen) atoms. The van der Waals surface area contributed by atoms with Crippen LogP contribution in [0.4, 0.5) is 0 Å². The van der Waals surface area contributed by atoms with E-state index < -0.39 is 0 Å². The van der Waals surface area contributed by atoms with Gasteiger partial charge in [0.15, 0.2) is 0 Å². The largest absolute Gasteiger partial charge is 0.508 e. The number of aryl methyl sites for hydroxylation is 4. The molecule has 0 aliphatic rings. The normalized spacial score (nSPS) is 12.0. The first-order valence-corrected chi connectivity index (χ1v) is 9.06. The summed E-state index contributed by atoms with van der Waals surface area (Å²) in [6, 6.07) is 15.2. The Hall–Kier alpha value is -2.94. The van der Waals surface area contributed by atoms with Crippen molar-refractivity contribution in [1.82, 2.24) is 0 Å². The molecule has 0 fully saturated rings. The number of hydrogen-bond acceptors (Lipinski definition) is 3. The van der Waals surface area contributed by atoms with E-state index in [1.807, 2.05) is 45.9 Å². The van der Waals surface area contributed by atoms with Crippen LogP contribution in [0.25, 0.3) is 0 Å². The third-order valence-electron chi connectivity index (χ3n) is 5.05. The molecule has 3 aromatic rings. The Morgan fingerprint density at radius 1 is 0.741 bits per heavy atom. The molecule has 0 aromatic heterocycles. The van der Waals surface area contributed by atoms with Gasteiger partial charge in [-0.2, -0.15) is 0 Å². The lowest BCUT2D eigenvalue weighted by Gasteiger charge is -2.26. The maximum absolute atomic E-state index is 10.8. The van der Waals surface area contributed by atoms with Gasteiger partial charge >= 0.3 is 0 Å². The van der Waals surface area contributed by atoms with Gasteiger partial charge in [-0.05, 0) is 68.1 Å². The Morgan fingerprint density at radius 3 is 1.93 bits per heavy atom. The van der Waals surface area contributed by atoms with Crippen molar-refractivity contribution in [2.24, 2.45) is 0 Å². The van der Waals surface area contributed by atoms with Crippen molar-refractivity contribution in [2.45, 2.75) is 33.6 Å². The van der Waals surface area contributed by atoms with Crippen molar-refractivity contribution in [3.8, 4) is 17.2 Å². The summed E-state index contributed by atoms with van der Waals surface area (Å²) in [6.07, 6.45) is 0. The quantitative estimate of drug-likeness (QED) is 0.601. The van der Waals surface area contributed by atoms with Gasteiger partial charge in [0.25, 0.3) is 0 Å². The predicted octanol–water partition coefficient (Wildman–Crippen LogP) is 5.52. The van der Waals surface area contributed by atoms with E-state index in [2.05, 4.69) is 12.1 Å². The molecule has 3 heteroatoms. The molecule has 3 aromatic carbocycles. The molecule has 3 rings (SSSR count). The zero-order valence-electron chi connectivity index (χ0n) is 16.5. The van der Waals surface area contributed by atoms with Crippen molar-refractivity contribution < 1.29 is 14.9 Å². The standard InChI is InChI=1S/C24H26O3/c1-14-10-16(3)22(20(26)12-14)24(18-8-6-7-9-19(18)25)23-17(4)11-15(2)13-21(23)27-5/h6-13,24-26H,1-5H3. The topological polar surface area (TPSA) is 49.7 Å². The number of rotatable bonds is 4. The number of methoxy groups -OCH3 is 1. The van der Waals surface area contributed by atoms with Crippen LogP contribution in [0, 0.1) is 27.7 Å². The Balaban J connectivity index is 2.40. The van der Waals surface area contributed by atoms with E-state index in [1.165, 1.54) is 0 Å². The first-order valence-electron chi connectivity index (χ1n) is 9.06. The fourth-order valence-corrected chi connectivity index (χ4v) is 4.00. The summed E-state index contributed by atoms with van der Waals surface area (Å²) in [5, 5.41) is 21.5. The summed E-state index contributed by atoms with van der Waals surface area (Å²) in [5.41, 5.74) is 6.61. The molecule has 1 unspecified atom stereocenters. The molecule has 2 N–H and O–H groups in total. The molecule has 0 saturated carbocycles. The molecule has 0 aliphatic carbocycles. The summed E-state index contributed by atoms with van der Waals surface area (Å²) in [4.78, 5) is 0. The third-order valence-corrected chi connectivity index (χ3v) is 5.05. The minimum absolute atomic E-state index is 0.198. The number of benzene rings is 3. The van der Waals surface area contributed by atoms with E-state index >= 15 is 0 Å². The molecule has 0 amide bonds. The van der Waals surface area contributed by atoms with Crippen molar-refractivity contribution in [3.63, 3.8) is 0 Å². The Morgan fingerprint density at radius 2 is 1.33 bits per heavy atom. The lowest BCUT2D eigenvalue weighted by atomic mass is 9.79. The van der Waals surface area contributed by atoms with E-state index in [-0.39, 0.29) is 17.4 Å². The van der Waals surface area contributed by atoms with Gasteiger partial charge in [0, 0.05) is 22.6 Å². The second kappa shape index (κ2) is 7.36. The molecule has 0 saturated heterocycles. The van der Waals surface area contributed by atoms with E-state index in [0.717, 1.165) is 44.7 Å². The number of para-hydroxylation sites is 1. The third kappa shape index (κ3) is 3.50. The molecule has 0 spiro atoms. The van der Waals surface area contributed by atoms with Crippen LogP contribution < -0.4 is 4.74 Å². The van der Waals surface area contributed by atoms with Crippen LogP contribution >= 0.6 is 0 Å². The SMILES string of the molecule is COc1cc(C)cc(C)c1C(c1ccccc1O)c1c(C)cc(C)cc1O. The van der Waals surface area contributed by atoms with Crippen LogP contribution in [0.2, 0.25) is 0 Å². The van der Waals surface area contributed by atoms with Crippen LogP contribution in [0.15, 0.2) is 48.5 Å². The second-order valence-electron chi connectivity index (χ2n) is 7.20. The molecule has 1 atom stereocenters. The van der Waals surface area contributed by atoms with Gasteiger partial charge in [0.05, 0.1) is 7.11 Å². The van der Waals surface area contributed by atoms with Crippen LogP contribution in [0.3, 0.4) is 0 Å². The number of aromatic hydroxyl groups is 2. The first kappa shape index (κ1) is 18.8. The summed E-state index contributed by atoms with van der Waals surface area (Å²) >= 11 is 0. The second-order valence-corrected chi connectivity index (χ2v) is 7.20. The van der Waals surface area contributed by atoms with Crippen LogP contribution in [-0.2, 0) is 0 Å². The highest BCUT2D eigenvalue weighted by Gasteiger charge is 2.28. The fraction of sp³-hybridized carbons (Fsp3) is 0.250. The highest BCUT2D eigenvalue weighted by molar-refractivity contribution is 5.60.